The van der Waals surface area contributed by atoms with Gasteiger partial charge in [-0.15, -0.1) is 6.58 Å². The molecule has 3 N–H and O–H groups in total. The summed E-state index contributed by atoms with van der Waals surface area (Å²) in [7, 11) is 0. The molecule has 0 heterocycles. The molecule has 7 nitrogen and oxygen atoms in total. The third kappa shape index (κ3) is 5.54. The Morgan fingerprint density at radius 1 is 1.09 bits per heavy atom. The van der Waals surface area contributed by atoms with Crippen LogP contribution in [-0.2, 0) is 14.3 Å². The van der Waals surface area contributed by atoms with Gasteiger partial charge in [0.15, 0.2) is 0 Å². The predicted molar refractivity (Wildman–Crippen MR) is 117 cm³/mol. The predicted octanol–water partition coefficient (Wildman–Crippen LogP) is 3.70. The molecule has 1 atom stereocenters. The molecule has 0 aromatic heterocycles. The van der Waals surface area contributed by atoms with E-state index in [0.29, 0.717) is 0 Å². The standard InChI is InChI=1S/C24H24F2N2O5/c1-2-3-12-20(21(29)30)28-22(31)24(25,26)14-27-23(32)33-13-19-17-10-6-4-8-15(17)16-9-5-7-11-18(16)19/h2,4-11,19-20H,1,3,12-14H2,(H,27,32)(H,28,31)(H,29,30). The van der Waals surface area contributed by atoms with E-state index in [-0.39, 0.29) is 25.4 Å². The quantitative estimate of drug-likeness (QED) is 0.471. The summed E-state index contributed by atoms with van der Waals surface area (Å²) in [6, 6.07) is 13.8. The number of halogens is 2. The fourth-order valence-electron chi connectivity index (χ4n) is 3.72. The number of carbonyl (C=O) groups excluding carboxylic acids is 2. The summed E-state index contributed by atoms with van der Waals surface area (Å²) in [6.07, 6.45) is 0.450. The average molecular weight is 458 g/mol. The number of alkyl halides is 2. The Morgan fingerprint density at radius 3 is 2.21 bits per heavy atom. The summed E-state index contributed by atoms with van der Waals surface area (Å²) in [5.41, 5.74) is 3.98. The van der Waals surface area contributed by atoms with E-state index in [0.717, 1.165) is 22.3 Å². The van der Waals surface area contributed by atoms with E-state index in [1.54, 1.807) is 5.32 Å². The Hall–Kier alpha value is -3.75. The molecule has 0 aliphatic heterocycles. The van der Waals surface area contributed by atoms with Gasteiger partial charge in [-0.3, -0.25) is 4.79 Å². The summed E-state index contributed by atoms with van der Waals surface area (Å²) in [4.78, 5) is 35.1. The minimum absolute atomic E-state index is 0.0692. The first kappa shape index (κ1) is 23.9. The Balaban J connectivity index is 1.55. The molecule has 0 radical (unpaired) electrons. The van der Waals surface area contributed by atoms with Crippen molar-refractivity contribution >= 4 is 18.0 Å². The molecule has 33 heavy (non-hydrogen) atoms. The van der Waals surface area contributed by atoms with Crippen molar-refractivity contribution in [3.63, 3.8) is 0 Å². The van der Waals surface area contributed by atoms with Gasteiger partial charge in [-0.25, -0.2) is 9.59 Å². The highest BCUT2D eigenvalue weighted by molar-refractivity contribution is 5.88. The molecular formula is C24H24F2N2O5. The van der Waals surface area contributed by atoms with Gasteiger partial charge in [0.1, 0.15) is 12.6 Å². The van der Waals surface area contributed by atoms with Gasteiger partial charge < -0.3 is 20.5 Å². The molecule has 0 saturated carbocycles. The Bertz CT molecular complexity index is 1010. The largest absolute Gasteiger partial charge is 0.480 e. The van der Waals surface area contributed by atoms with Gasteiger partial charge in [0, 0.05) is 5.92 Å². The fraction of sp³-hybridized carbons (Fsp3) is 0.292. The molecule has 0 bridgehead atoms. The topological polar surface area (TPSA) is 105 Å². The lowest BCUT2D eigenvalue weighted by Gasteiger charge is -2.20. The lowest BCUT2D eigenvalue weighted by atomic mass is 9.98. The van der Waals surface area contributed by atoms with Crippen LogP contribution in [0.1, 0.15) is 29.9 Å². The van der Waals surface area contributed by atoms with Gasteiger partial charge in [0.05, 0.1) is 6.54 Å². The Kier molecular flexibility index (Phi) is 7.42. The number of amides is 2. The average Bonchev–Trinajstić information content (AvgIpc) is 3.12. The number of carboxylic acid groups (broad SMARTS) is 1. The summed E-state index contributed by atoms with van der Waals surface area (Å²) in [5.74, 6) is -7.50. The van der Waals surface area contributed by atoms with E-state index >= 15 is 0 Å². The molecule has 2 aromatic rings. The van der Waals surface area contributed by atoms with Crippen molar-refractivity contribution in [1.82, 2.24) is 10.6 Å². The molecule has 1 unspecified atom stereocenters. The van der Waals surface area contributed by atoms with Crippen molar-refractivity contribution < 1.29 is 33.0 Å². The molecule has 2 aromatic carbocycles. The second kappa shape index (κ2) is 10.2. The van der Waals surface area contributed by atoms with Crippen molar-refractivity contribution in [2.75, 3.05) is 13.2 Å². The van der Waals surface area contributed by atoms with Crippen molar-refractivity contribution in [2.45, 2.75) is 30.7 Å². The number of hydrogen-bond donors (Lipinski definition) is 3. The zero-order chi connectivity index (χ0) is 24.0. The van der Waals surface area contributed by atoms with Gasteiger partial charge in [-0.1, -0.05) is 54.6 Å². The van der Waals surface area contributed by atoms with Crippen LogP contribution in [0.4, 0.5) is 13.6 Å². The number of rotatable bonds is 10. The minimum atomic E-state index is -4.02. The maximum Gasteiger partial charge on any atom is 0.407 e. The Labute approximate surface area is 189 Å². The number of hydrogen-bond acceptors (Lipinski definition) is 4. The van der Waals surface area contributed by atoms with Crippen molar-refractivity contribution in [2.24, 2.45) is 0 Å². The molecule has 0 saturated heterocycles. The number of benzene rings is 2. The van der Waals surface area contributed by atoms with Crippen LogP contribution in [-0.4, -0.2) is 48.2 Å². The van der Waals surface area contributed by atoms with Crippen molar-refractivity contribution in [3.05, 3.63) is 72.3 Å². The fourth-order valence-corrected chi connectivity index (χ4v) is 3.72. The van der Waals surface area contributed by atoms with Crippen LogP contribution in [0.25, 0.3) is 11.1 Å². The van der Waals surface area contributed by atoms with E-state index in [1.807, 2.05) is 53.8 Å². The molecule has 174 valence electrons. The van der Waals surface area contributed by atoms with Crippen LogP contribution in [0, 0.1) is 0 Å². The van der Waals surface area contributed by atoms with Crippen LogP contribution in [0.3, 0.4) is 0 Å². The van der Waals surface area contributed by atoms with E-state index in [9.17, 15) is 23.2 Å². The first-order valence-corrected chi connectivity index (χ1v) is 10.4. The number of nitrogens with one attached hydrogen (secondary N) is 2. The van der Waals surface area contributed by atoms with Crippen molar-refractivity contribution in [3.8, 4) is 11.1 Å². The van der Waals surface area contributed by atoms with Crippen LogP contribution in [0.15, 0.2) is 61.2 Å². The summed E-state index contributed by atoms with van der Waals surface area (Å²) >= 11 is 0. The lowest BCUT2D eigenvalue weighted by molar-refractivity contribution is -0.150. The highest BCUT2D eigenvalue weighted by Gasteiger charge is 2.41. The van der Waals surface area contributed by atoms with Gasteiger partial charge in [0.25, 0.3) is 5.91 Å². The van der Waals surface area contributed by atoms with E-state index in [2.05, 4.69) is 6.58 Å². The SMILES string of the molecule is C=CCCC(NC(=O)C(F)(F)CNC(=O)OCC1c2ccccc2-c2ccccc21)C(=O)O. The summed E-state index contributed by atoms with van der Waals surface area (Å²) in [5, 5.41) is 12.7. The summed E-state index contributed by atoms with van der Waals surface area (Å²) < 4.78 is 33.5. The third-order valence-electron chi connectivity index (χ3n) is 5.39. The smallest absolute Gasteiger partial charge is 0.407 e. The van der Waals surface area contributed by atoms with E-state index in [4.69, 9.17) is 9.84 Å². The zero-order valence-electron chi connectivity index (χ0n) is 17.7. The molecule has 2 amide bonds. The van der Waals surface area contributed by atoms with Gasteiger partial charge in [-0.2, -0.15) is 8.78 Å². The number of carboxylic acids is 1. The van der Waals surface area contributed by atoms with E-state index < -0.39 is 36.5 Å². The molecule has 0 fully saturated rings. The Morgan fingerprint density at radius 2 is 1.67 bits per heavy atom. The van der Waals surface area contributed by atoms with Crippen LogP contribution in [0.5, 0.6) is 0 Å². The molecule has 9 heteroatoms. The van der Waals surface area contributed by atoms with Gasteiger partial charge in [-0.05, 0) is 35.1 Å². The first-order valence-electron chi connectivity index (χ1n) is 10.4. The van der Waals surface area contributed by atoms with Gasteiger partial charge >= 0.3 is 18.0 Å². The highest BCUT2D eigenvalue weighted by Crippen LogP contribution is 2.44. The maximum absolute atomic E-state index is 14.2. The highest BCUT2D eigenvalue weighted by atomic mass is 19.3. The molecular weight excluding hydrogens is 434 g/mol. The summed E-state index contributed by atoms with van der Waals surface area (Å²) in [6.45, 7) is 2.03. The van der Waals surface area contributed by atoms with E-state index in [1.165, 1.54) is 6.08 Å². The number of ether oxygens (including phenoxy) is 1. The second-order valence-corrected chi connectivity index (χ2v) is 7.61. The number of fused-ring (bicyclic) bond motifs is 3. The normalized spacial score (nSPS) is 13.4. The number of aliphatic carboxylic acids is 1. The zero-order valence-corrected chi connectivity index (χ0v) is 17.7. The number of allylic oxidation sites excluding steroid dienone is 1. The monoisotopic (exact) mass is 458 g/mol. The molecule has 1 aliphatic rings. The molecule has 1 aliphatic carbocycles. The maximum atomic E-state index is 14.2. The van der Waals surface area contributed by atoms with Crippen molar-refractivity contribution in [1.29, 1.82) is 0 Å². The van der Waals surface area contributed by atoms with Crippen LogP contribution in [0.2, 0.25) is 0 Å². The number of carbonyl (C=O) groups is 3. The lowest BCUT2D eigenvalue weighted by Crippen LogP contribution is -2.52. The third-order valence-corrected chi connectivity index (χ3v) is 5.39. The van der Waals surface area contributed by atoms with Crippen LogP contribution >= 0.6 is 0 Å². The van der Waals surface area contributed by atoms with Crippen LogP contribution < -0.4 is 10.6 Å². The van der Waals surface area contributed by atoms with Gasteiger partial charge in [0.2, 0.25) is 0 Å². The molecule has 0 spiro atoms. The molecule has 3 rings (SSSR count). The minimum Gasteiger partial charge on any atom is -0.480 e. The second-order valence-electron chi connectivity index (χ2n) is 7.61. The number of alkyl carbamates (subject to hydrolysis) is 1. The first-order chi connectivity index (χ1) is 15.7.